The number of tetrazole rings is 1. The van der Waals surface area contributed by atoms with Crippen molar-refractivity contribution in [1.82, 2.24) is 19.8 Å². The molecule has 0 aliphatic heterocycles. The Kier molecular flexibility index (Phi) is 7.28. The lowest BCUT2D eigenvalue weighted by atomic mass is 10.2. The first-order chi connectivity index (χ1) is 17.4. The summed E-state index contributed by atoms with van der Waals surface area (Å²) in [6.45, 7) is 2.05. The van der Waals surface area contributed by atoms with E-state index in [1.807, 2.05) is 37.3 Å². The summed E-state index contributed by atoms with van der Waals surface area (Å²) < 4.78 is 34.4. The maximum Gasteiger partial charge on any atom is 0.377 e. The zero-order valence-electron chi connectivity index (χ0n) is 19.2. The predicted octanol–water partition coefficient (Wildman–Crippen LogP) is 3.95. The third-order valence-corrected chi connectivity index (χ3v) is 5.20. The standard InChI is InChI=1S/C25H21F2N5O4/c1-2-14-30(19-11-6-10-18(15-19)23(33)36-16-17-8-4-3-5-9-17)24(34)32-25(35)31(28-29-32)22-20(26)12-7-13-21(22)27/h3-13,15H,2,14,16H2,1H3. The molecule has 1 heterocycles. The Morgan fingerprint density at radius 2 is 1.64 bits per heavy atom. The van der Waals surface area contributed by atoms with E-state index in [4.69, 9.17) is 4.74 Å². The molecule has 4 rings (SSSR count). The molecule has 0 saturated carbocycles. The summed E-state index contributed by atoms with van der Waals surface area (Å²) in [6.07, 6.45) is 0.499. The second-order valence-corrected chi connectivity index (χ2v) is 7.70. The molecule has 0 radical (unpaired) electrons. The molecule has 184 valence electrons. The van der Waals surface area contributed by atoms with Crippen molar-refractivity contribution in [1.29, 1.82) is 0 Å². The number of aromatic nitrogens is 4. The average molecular weight is 493 g/mol. The van der Waals surface area contributed by atoms with Crippen LogP contribution in [0.5, 0.6) is 0 Å². The fourth-order valence-corrected chi connectivity index (χ4v) is 3.48. The number of rotatable bonds is 7. The van der Waals surface area contributed by atoms with E-state index in [1.165, 1.54) is 17.0 Å². The van der Waals surface area contributed by atoms with Gasteiger partial charge in [0.1, 0.15) is 12.3 Å². The van der Waals surface area contributed by atoms with E-state index in [9.17, 15) is 23.2 Å². The third kappa shape index (κ3) is 5.04. The predicted molar refractivity (Wildman–Crippen MR) is 126 cm³/mol. The molecule has 0 unspecified atom stereocenters. The summed E-state index contributed by atoms with van der Waals surface area (Å²) >= 11 is 0. The molecule has 0 aliphatic carbocycles. The van der Waals surface area contributed by atoms with Crippen LogP contribution in [0.25, 0.3) is 5.69 Å². The Morgan fingerprint density at radius 1 is 0.944 bits per heavy atom. The number of esters is 1. The van der Waals surface area contributed by atoms with Crippen LogP contribution in [0, 0.1) is 11.6 Å². The van der Waals surface area contributed by atoms with Crippen molar-refractivity contribution in [2.45, 2.75) is 20.0 Å². The average Bonchev–Trinajstić information content (AvgIpc) is 3.26. The Labute approximate surface area is 204 Å². The van der Waals surface area contributed by atoms with Crippen LogP contribution >= 0.6 is 0 Å². The maximum absolute atomic E-state index is 14.1. The SMILES string of the molecule is CCCN(C(=O)n1nnn(-c2c(F)cccc2F)c1=O)c1cccc(C(=O)OCc2ccccc2)c1. The van der Waals surface area contributed by atoms with E-state index in [-0.39, 0.29) is 18.7 Å². The number of hydrogen-bond acceptors (Lipinski definition) is 6. The molecule has 3 aromatic carbocycles. The van der Waals surface area contributed by atoms with E-state index < -0.39 is 35.0 Å². The van der Waals surface area contributed by atoms with Crippen LogP contribution in [-0.2, 0) is 11.3 Å². The fraction of sp³-hybridized carbons (Fsp3) is 0.160. The molecule has 0 spiro atoms. The molecule has 36 heavy (non-hydrogen) atoms. The number of benzene rings is 3. The molecule has 1 amide bonds. The minimum absolute atomic E-state index is 0.0760. The van der Waals surface area contributed by atoms with Crippen molar-refractivity contribution >= 4 is 17.7 Å². The van der Waals surface area contributed by atoms with Gasteiger partial charge < -0.3 is 4.74 Å². The van der Waals surface area contributed by atoms with Crippen molar-refractivity contribution in [2.75, 3.05) is 11.4 Å². The highest BCUT2D eigenvalue weighted by molar-refractivity contribution is 5.95. The van der Waals surface area contributed by atoms with Crippen molar-refractivity contribution in [2.24, 2.45) is 0 Å². The van der Waals surface area contributed by atoms with Gasteiger partial charge in [-0.2, -0.15) is 4.68 Å². The molecule has 0 bridgehead atoms. The van der Waals surface area contributed by atoms with Gasteiger partial charge in [0.05, 0.1) is 5.56 Å². The first-order valence-electron chi connectivity index (χ1n) is 11.0. The van der Waals surface area contributed by atoms with Gasteiger partial charge in [0.15, 0.2) is 11.6 Å². The first-order valence-corrected chi connectivity index (χ1v) is 11.0. The van der Waals surface area contributed by atoms with E-state index in [1.54, 1.807) is 12.1 Å². The minimum Gasteiger partial charge on any atom is -0.457 e. The maximum atomic E-state index is 14.1. The van der Waals surface area contributed by atoms with Gasteiger partial charge in [0.25, 0.3) is 0 Å². The lowest BCUT2D eigenvalue weighted by Gasteiger charge is -2.21. The van der Waals surface area contributed by atoms with E-state index in [0.717, 1.165) is 23.8 Å². The van der Waals surface area contributed by atoms with Crippen molar-refractivity contribution < 1.29 is 23.1 Å². The summed E-state index contributed by atoms with van der Waals surface area (Å²) in [5.41, 5.74) is -0.579. The topological polar surface area (TPSA) is 99.3 Å². The Morgan fingerprint density at radius 3 is 2.33 bits per heavy atom. The summed E-state index contributed by atoms with van der Waals surface area (Å²) in [6, 6.07) is 17.4. The summed E-state index contributed by atoms with van der Waals surface area (Å²) in [4.78, 5) is 39.8. The van der Waals surface area contributed by atoms with Gasteiger partial charge >= 0.3 is 17.7 Å². The molecule has 0 fully saturated rings. The molecule has 11 heteroatoms. The van der Waals surface area contributed by atoms with Crippen LogP contribution in [0.2, 0.25) is 0 Å². The largest absolute Gasteiger partial charge is 0.457 e. The van der Waals surface area contributed by atoms with Crippen LogP contribution in [-0.4, -0.2) is 38.3 Å². The second-order valence-electron chi connectivity index (χ2n) is 7.70. The van der Waals surface area contributed by atoms with Gasteiger partial charge in [-0.05, 0) is 52.7 Å². The Bertz CT molecular complexity index is 1430. The van der Waals surface area contributed by atoms with E-state index in [2.05, 4.69) is 10.4 Å². The number of ether oxygens (including phenoxy) is 1. The molecule has 4 aromatic rings. The molecule has 0 atom stereocenters. The van der Waals surface area contributed by atoms with Gasteiger partial charge in [-0.25, -0.2) is 23.2 Å². The summed E-state index contributed by atoms with van der Waals surface area (Å²) in [7, 11) is 0. The van der Waals surface area contributed by atoms with E-state index in [0.29, 0.717) is 21.5 Å². The van der Waals surface area contributed by atoms with Gasteiger partial charge in [-0.15, -0.1) is 4.68 Å². The van der Waals surface area contributed by atoms with Crippen molar-refractivity contribution in [3.63, 3.8) is 0 Å². The number of hydrogen-bond donors (Lipinski definition) is 0. The van der Waals surface area contributed by atoms with Crippen LogP contribution in [0.3, 0.4) is 0 Å². The van der Waals surface area contributed by atoms with E-state index >= 15 is 0 Å². The smallest absolute Gasteiger partial charge is 0.377 e. The minimum atomic E-state index is -1.15. The molecular weight excluding hydrogens is 472 g/mol. The van der Waals surface area contributed by atoms with Crippen molar-refractivity contribution in [3.05, 3.63) is 106 Å². The van der Waals surface area contributed by atoms with Crippen molar-refractivity contribution in [3.8, 4) is 5.69 Å². The Balaban J connectivity index is 1.60. The number of para-hydroxylation sites is 1. The lowest BCUT2D eigenvalue weighted by molar-refractivity contribution is 0.0472. The number of halogens is 2. The van der Waals surface area contributed by atoms with Crippen LogP contribution in [0.15, 0.2) is 77.6 Å². The number of amides is 1. The van der Waals surface area contributed by atoms with Gasteiger partial charge in [0.2, 0.25) is 0 Å². The molecule has 0 aliphatic rings. The zero-order valence-corrected chi connectivity index (χ0v) is 19.2. The third-order valence-electron chi connectivity index (χ3n) is 5.20. The number of anilines is 1. The molecular formula is C25H21F2N5O4. The van der Waals surface area contributed by atoms with Crippen LogP contribution < -0.4 is 10.6 Å². The normalized spacial score (nSPS) is 10.8. The number of carbonyl (C=O) groups is 2. The van der Waals surface area contributed by atoms with Gasteiger partial charge in [-0.1, -0.05) is 49.4 Å². The highest BCUT2D eigenvalue weighted by atomic mass is 19.1. The Hall–Kier alpha value is -4.67. The lowest BCUT2D eigenvalue weighted by Crippen LogP contribution is -2.41. The number of nitrogens with zero attached hydrogens (tertiary/aromatic N) is 5. The quantitative estimate of drug-likeness (QED) is 0.286. The second kappa shape index (κ2) is 10.7. The monoisotopic (exact) mass is 493 g/mol. The highest BCUT2D eigenvalue weighted by Gasteiger charge is 2.25. The zero-order chi connectivity index (χ0) is 25.7. The number of carbonyl (C=O) groups excluding carboxylic acids is 2. The van der Waals surface area contributed by atoms with Crippen LogP contribution in [0.1, 0.15) is 29.3 Å². The summed E-state index contributed by atoms with van der Waals surface area (Å²) in [5.74, 6) is -2.67. The van der Waals surface area contributed by atoms with Crippen LogP contribution in [0.4, 0.5) is 19.3 Å². The first kappa shape index (κ1) is 24.5. The molecule has 1 aromatic heterocycles. The van der Waals surface area contributed by atoms with Gasteiger partial charge in [0, 0.05) is 12.2 Å². The van der Waals surface area contributed by atoms with Gasteiger partial charge in [-0.3, -0.25) is 4.90 Å². The summed E-state index contributed by atoms with van der Waals surface area (Å²) in [5, 5.41) is 7.00. The highest BCUT2D eigenvalue weighted by Crippen LogP contribution is 2.19. The molecule has 0 N–H and O–H groups in total. The fourth-order valence-electron chi connectivity index (χ4n) is 3.48. The molecule has 0 saturated heterocycles. The molecule has 9 nitrogen and oxygen atoms in total.